The minimum absolute atomic E-state index is 0.00256. The van der Waals surface area contributed by atoms with Crippen LogP contribution in [0.4, 0.5) is 4.39 Å². The van der Waals surface area contributed by atoms with Crippen LogP contribution in [0.2, 0.25) is 0 Å². The van der Waals surface area contributed by atoms with Crippen molar-refractivity contribution >= 4 is 5.91 Å². The first-order valence-electron chi connectivity index (χ1n) is 14.9. The number of nitrogens with one attached hydrogen (secondary N) is 1. The van der Waals surface area contributed by atoms with Crippen molar-refractivity contribution in [3.8, 4) is 6.07 Å². The Balaban J connectivity index is 1.26. The number of hydrogen-bond acceptors (Lipinski definition) is 3. The van der Waals surface area contributed by atoms with E-state index in [1.807, 2.05) is 6.07 Å². The Morgan fingerprint density at radius 1 is 1.16 bits per heavy atom. The molecule has 4 aliphatic rings. The van der Waals surface area contributed by atoms with Crippen LogP contribution >= 0.6 is 0 Å². The van der Waals surface area contributed by atoms with Gasteiger partial charge in [0.2, 0.25) is 0 Å². The van der Waals surface area contributed by atoms with Crippen LogP contribution in [-0.2, 0) is 4.74 Å². The fourth-order valence-corrected chi connectivity index (χ4v) is 9.60. The molecule has 0 aromatic heterocycles. The van der Waals surface area contributed by atoms with E-state index in [-0.39, 0.29) is 28.5 Å². The van der Waals surface area contributed by atoms with E-state index < -0.39 is 5.82 Å². The van der Waals surface area contributed by atoms with Gasteiger partial charge in [-0.25, -0.2) is 4.39 Å². The average Bonchev–Trinajstić information content (AvgIpc) is 2.90. The number of benzene rings is 1. The van der Waals surface area contributed by atoms with Crippen molar-refractivity contribution in [2.75, 3.05) is 13.2 Å². The van der Waals surface area contributed by atoms with E-state index in [2.05, 4.69) is 26.1 Å². The van der Waals surface area contributed by atoms with E-state index in [0.717, 1.165) is 61.2 Å². The average molecular weight is 509 g/mol. The van der Waals surface area contributed by atoms with Crippen LogP contribution in [0, 0.1) is 64.0 Å². The predicted molar refractivity (Wildman–Crippen MR) is 143 cm³/mol. The summed E-state index contributed by atoms with van der Waals surface area (Å²) < 4.78 is 20.3. The van der Waals surface area contributed by atoms with Crippen molar-refractivity contribution in [1.82, 2.24) is 5.32 Å². The molecule has 4 nitrogen and oxygen atoms in total. The summed E-state index contributed by atoms with van der Waals surface area (Å²) in [7, 11) is 0. The standard InChI is InChI=1S/C32H45FN2O2/c1-4-37-19-22-9-11-24-23(16-22)10-13-26-25(24)14-15-32(3)28(6-5-7-29(26)32)20(2)35-31(36)27-12-8-21(18-34)17-30(27)33/h8,12,17,20,22-26,28-29H,4-7,9-11,13-16,19H2,1-3H3,(H,35,36)/t20-,22+,23?,24+,25?,26-,28-,29?,32-/m1/s1. The fourth-order valence-electron chi connectivity index (χ4n) is 9.60. The van der Waals surface area contributed by atoms with Crippen molar-refractivity contribution < 1.29 is 13.9 Å². The lowest BCUT2D eigenvalue weighted by Gasteiger charge is -2.61. The first-order chi connectivity index (χ1) is 17.9. The highest BCUT2D eigenvalue weighted by atomic mass is 19.1. The topological polar surface area (TPSA) is 62.1 Å². The van der Waals surface area contributed by atoms with Crippen LogP contribution < -0.4 is 5.32 Å². The number of fused-ring (bicyclic) bond motifs is 5. The molecule has 0 radical (unpaired) electrons. The second kappa shape index (κ2) is 11.0. The molecule has 5 heteroatoms. The normalized spacial score (nSPS) is 37.9. The first-order valence-corrected chi connectivity index (χ1v) is 14.9. The number of halogens is 1. The lowest BCUT2D eigenvalue weighted by Crippen LogP contribution is -2.56. The number of hydrogen-bond donors (Lipinski definition) is 1. The van der Waals surface area contributed by atoms with E-state index in [1.54, 1.807) is 0 Å². The van der Waals surface area contributed by atoms with Crippen molar-refractivity contribution in [2.24, 2.45) is 46.8 Å². The minimum atomic E-state index is -0.621. The van der Waals surface area contributed by atoms with Gasteiger partial charge in [-0.1, -0.05) is 13.3 Å². The van der Waals surface area contributed by atoms with E-state index in [9.17, 15) is 9.18 Å². The maximum Gasteiger partial charge on any atom is 0.254 e. The molecule has 202 valence electrons. The third-order valence-corrected chi connectivity index (χ3v) is 11.2. The molecule has 9 atom stereocenters. The Morgan fingerprint density at radius 3 is 2.73 bits per heavy atom. The summed E-state index contributed by atoms with van der Waals surface area (Å²) in [5.41, 5.74) is 0.498. The molecule has 3 unspecified atom stereocenters. The molecule has 4 aliphatic carbocycles. The molecule has 37 heavy (non-hydrogen) atoms. The lowest BCUT2D eigenvalue weighted by molar-refractivity contribution is -0.117. The molecule has 1 amide bonds. The highest BCUT2D eigenvalue weighted by Crippen LogP contribution is 2.63. The predicted octanol–water partition coefficient (Wildman–Crippen LogP) is 7.13. The van der Waals surface area contributed by atoms with Gasteiger partial charge in [0.1, 0.15) is 5.82 Å². The fraction of sp³-hybridized carbons (Fsp3) is 0.750. The van der Waals surface area contributed by atoms with Gasteiger partial charge < -0.3 is 10.1 Å². The van der Waals surface area contributed by atoms with Crippen LogP contribution in [0.3, 0.4) is 0 Å². The number of ether oxygens (including phenoxy) is 1. The molecule has 5 rings (SSSR count). The maximum absolute atomic E-state index is 14.5. The third kappa shape index (κ3) is 5.08. The molecule has 4 fully saturated rings. The van der Waals surface area contributed by atoms with Crippen LogP contribution in [0.15, 0.2) is 18.2 Å². The van der Waals surface area contributed by atoms with E-state index in [4.69, 9.17) is 10.00 Å². The molecule has 0 saturated heterocycles. The first kappa shape index (κ1) is 26.7. The summed E-state index contributed by atoms with van der Waals surface area (Å²) in [5.74, 6) is 4.42. The molecule has 0 aliphatic heterocycles. The molecule has 1 aromatic rings. The van der Waals surface area contributed by atoms with Gasteiger partial charge in [-0.15, -0.1) is 0 Å². The van der Waals surface area contributed by atoms with Crippen molar-refractivity contribution in [3.05, 3.63) is 35.1 Å². The van der Waals surface area contributed by atoms with Crippen LogP contribution in [-0.4, -0.2) is 25.2 Å². The van der Waals surface area contributed by atoms with E-state index >= 15 is 0 Å². The summed E-state index contributed by atoms with van der Waals surface area (Å²) >= 11 is 0. The highest BCUT2D eigenvalue weighted by molar-refractivity contribution is 5.94. The number of nitrogens with zero attached hydrogens (tertiary/aromatic N) is 1. The monoisotopic (exact) mass is 508 g/mol. The van der Waals surface area contributed by atoms with Gasteiger partial charge in [0.25, 0.3) is 5.91 Å². The van der Waals surface area contributed by atoms with Crippen LogP contribution in [0.5, 0.6) is 0 Å². The molecule has 4 saturated carbocycles. The van der Waals surface area contributed by atoms with Gasteiger partial charge in [0.05, 0.1) is 17.2 Å². The van der Waals surface area contributed by atoms with Crippen molar-refractivity contribution in [1.29, 1.82) is 5.26 Å². The number of nitriles is 1. The van der Waals surface area contributed by atoms with Crippen molar-refractivity contribution in [3.63, 3.8) is 0 Å². The Hall–Kier alpha value is -1.93. The van der Waals surface area contributed by atoms with Gasteiger partial charge in [-0.2, -0.15) is 5.26 Å². The van der Waals surface area contributed by atoms with Gasteiger partial charge >= 0.3 is 0 Å². The Kier molecular flexibility index (Phi) is 7.96. The van der Waals surface area contributed by atoms with E-state index in [0.29, 0.717) is 5.92 Å². The second-order valence-electron chi connectivity index (χ2n) is 12.9. The number of amides is 1. The highest BCUT2D eigenvalue weighted by Gasteiger charge is 2.56. The van der Waals surface area contributed by atoms with Gasteiger partial charge in [-0.3, -0.25) is 4.79 Å². The SMILES string of the molecule is CCOC[C@H]1CC[C@H]2C(CC[C@@H]3C2CC[C@@]2(C)C3CCC[C@@H]2[C@@H](C)NC(=O)c2ccc(C#N)cc2F)C1. The second-order valence-corrected chi connectivity index (χ2v) is 12.9. The Labute approximate surface area is 222 Å². The summed E-state index contributed by atoms with van der Waals surface area (Å²) in [6.07, 6.45) is 13.1. The smallest absolute Gasteiger partial charge is 0.254 e. The maximum atomic E-state index is 14.5. The Morgan fingerprint density at radius 2 is 1.97 bits per heavy atom. The summed E-state index contributed by atoms with van der Waals surface area (Å²) in [6.45, 7) is 8.52. The quantitative estimate of drug-likeness (QED) is 0.445. The van der Waals surface area contributed by atoms with Gasteiger partial charge in [-0.05, 0) is 137 Å². The third-order valence-electron chi connectivity index (χ3n) is 11.2. The molecular formula is C32H45FN2O2. The zero-order chi connectivity index (χ0) is 26.2. The molecule has 1 N–H and O–H groups in total. The van der Waals surface area contributed by atoms with Gasteiger partial charge in [0.15, 0.2) is 0 Å². The molecule has 0 spiro atoms. The zero-order valence-electron chi connectivity index (χ0n) is 23.0. The largest absolute Gasteiger partial charge is 0.381 e. The van der Waals surface area contributed by atoms with E-state index in [1.165, 1.54) is 69.9 Å². The molecule has 0 heterocycles. The van der Waals surface area contributed by atoms with Crippen molar-refractivity contribution in [2.45, 2.75) is 91.0 Å². The lowest BCUT2D eigenvalue weighted by atomic mass is 9.44. The summed E-state index contributed by atoms with van der Waals surface area (Å²) in [6, 6.07) is 6.04. The van der Waals surface area contributed by atoms with Gasteiger partial charge in [0, 0.05) is 19.3 Å². The zero-order valence-corrected chi connectivity index (χ0v) is 23.0. The molecule has 1 aromatic carbocycles. The number of rotatable bonds is 6. The van der Waals surface area contributed by atoms with Crippen LogP contribution in [0.1, 0.15) is 101 Å². The number of carbonyl (C=O) groups excluding carboxylic acids is 1. The molecule has 0 bridgehead atoms. The Bertz CT molecular complexity index is 1020. The molecular weight excluding hydrogens is 463 g/mol. The number of carbonyl (C=O) groups is 1. The van der Waals surface area contributed by atoms with Crippen LogP contribution in [0.25, 0.3) is 0 Å². The summed E-state index contributed by atoms with van der Waals surface area (Å²) in [5, 5.41) is 12.2. The summed E-state index contributed by atoms with van der Waals surface area (Å²) in [4.78, 5) is 13.0. The minimum Gasteiger partial charge on any atom is -0.381 e.